The van der Waals surface area contributed by atoms with Gasteiger partial charge in [-0.3, -0.25) is 4.99 Å². The SMILES string of the molecule is CCCN1CCC(NC(=NC)NCc2ccnc(N(C)C)c2)CC1.I. The van der Waals surface area contributed by atoms with E-state index in [0.717, 1.165) is 18.3 Å². The second-order valence-electron chi connectivity index (χ2n) is 6.60. The molecule has 0 unspecified atom stereocenters. The number of likely N-dealkylation sites (tertiary alicyclic amines) is 1. The van der Waals surface area contributed by atoms with E-state index in [0.29, 0.717) is 6.04 Å². The second kappa shape index (κ2) is 11.5. The molecule has 2 rings (SSSR count). The number of halogens is 1. The molecule has 7 heteroatoms. The van der Waals surface area contributed by atoms with Crippen molar-refractivity contribution in [1.82, 2.24) is 20.5 Å². The van der Waals surface area contributed by atoms with Gasteiger partial charge in [0.15, 0.2) is 5.96 Å². The highest BCUT2D eigenvalue weighted by atomic mass is 127. The molecule has 1 fully saturated rings. The quantitative estimate of drug-likeness (QED) is 0.388. The Morgan fingerprint density at radius 2 is 2.08 bits per heavy atom. The molecule has 2 N–H and O–H groups in total. The first-order chi connectivity index (χ1) is 11.6. The van der Waals surface area contributed by atoms with Gasteiger partial charge in [0, 0.05) is 53.0 Å². The lowest BCUT2D eigenvalue weighted by molar-refractivity contribution is 0.206. The molecule has 1 saturated heterocycles. The average molecular weight is 460 g/mol. The van der Waals surface area contributed by atoms with Crippen molar-refractivity contribution >= 4 is 35.8 Å². The number of guanidine groups is 1. The summed E-state index contributed by atoms with van der Waals surface area (Å²) in [7, 11) is 5.84. The predicted octanol–water partition coefficient (Wildman–Crippen LogP) is 2.31. The third-order valence-corrected chi connectivity index (χ3v) is 4.42. The molecule has 0 bridgehead atoms. The van der Waals surface area contributed by atoms with Crippen molar-refractivity contribution < 1.29 is 0 Å². The maximum absolute atomic E-state index is 4.36. The van der Waals surface area contributed by atoms with Gasteiger partial charge in [0.2, 0.25) is 0 Å². The van der Waals surface area contributed by atoms with E-state index in [-0.39, 0.29) is 24.0 Å². The number of hydrogen-bond donors (Lipinski definition) is 2. The van der Waals surface area contributed by atoms with Crippen LogP contribution in [0.4, 0.5) is 5.82 Å². The van der Waals surface area contributed by atoms with Gasteiger partial charge >= 0.3 is 0 Å². The van der Waals surface area contributed by atoms with Gasteiger partial charge in [-0.15, -0.1) is 24.0 Å². The Morgan fingerprint density at radius 3 is 2.68 bits per heavy atom. The van der Waals surface area contributed by atoms with E-state index in [1.807, 2.05) is 38.3 Å². The Hall–Kier alpha value is -1.09. The maximum atomic E-state index is 4.36. The van der Waals surface area contributed by atoms with Crippen molar-refractivity contribution in [3.05, 3.63) is 23.9 Å². The Morgan fingerprint density at radius 1 is 1.36 bits per heavy atom. The largest absolute Gasteiger partial charge is 0.363 e. The topological polar surface area (TPSA) is 55.8 Å². The van der Waals surface area contributed by atoms with Crippen LogP contribution in [0.1, 0.15) is 31.7 Å². The number of rotatable bonds is 6. The number of nitrogens with zero attached hydrogens (tertiary/aromatic N) is 4. The second-order valence-corrected chi connectivity index (χ2v) is 6.60. The number of piperidine rings is 1. The zero-order valence-electron chi connectivity index (χ0n) is 16.0. The summed E-state index contributed by atoms with van der Waals surface area (Å²) in [5.74, 6) is 1.85. The summed E-state index contributed by atoms with van der Waals surface area (Å²) in [5.41, 5.74) is 1.20. The third-order valence-electron chi connectivity index (χ3n) is 4.42. The van der Waals surface area contributed by atoms with E-state index in [9.17, 15) is 0 Å². The average Bonchev–Trinajstić information content (AvgIpc) is 2.60. The van der Waals surface area contributed by atoms with Crippen LogP contribution in [-0.4, -0.2) is 62.7 Å². The Balaban J connectivity index is 0.00000312. The van der Waals surface area contributed by atoms with Gasteiger partial charge < -0.3 is 20.4 Å². The Labute approximate surface area is 169 Å². The normalized spacial score (nSPS) is 16.2. The summed E-state index contributed by atoms with van der Waals surface area (Å²) >= 11 is 0. The summed E-state index contributed by atoms with van der Waals surface area (Å²) < 4.78 is 0. The van der Waals surface area contributed by atoms with Crippen LogP contribution in [-0.2, 0) is 6.54 Å². The van der Waals surface area contributed by atoms with Crippen LogP contribution in [0, 0.1) is 0 Å². The van der Waals surface area contributed by atoms with Gasteiger partial charge in [-0.2, -0.15) is 0 Å². The Kier molecular flexibility index (Phi) is 10.1. The van der Waals surface area contributed by atoms with Crippen LogP contribution in [0.25, 0.3) is 0 Å². The minimum atomic E-state index is 0. The predicted molar refractivity (Wildman–Crippen MR) is 117 cm³/mol. The van der Waals surface area contributed by atoms with Gasteiger partial charge in [-0.05, 0) is 43.5 Å². The molecule has 0 spiro atoms. The zero-order valence-corrected chi connectivity index (χ0v) is 18.3. The summed E-state index contributed by atoms with van der Waals surface area (Å²) in [5, 5.41) is 6.98. The van der Waals surface area contributed by atoms with Crippen molar-refractivity contribution in [2.24, 2.45) is 4.99 Å². The molecule has 142 valence electrons. The van der Waals surface area contributed by atoms with E-state index in [4.69, 9.17) is 0 Å². The number of aromatic nitrogens is 1. The molecule has 0 saturated carbocycles. The molecule has 0 aliphatic carbocycles. The van der Waals surface area contributed by atoms with Crippen molar-refractivity contribution in [1.29, 1.82) is 0 Å². The molecule has 0 aromatic carbocycles. The van der Waals surface area contributed by atoms with Crippen LogP contribution >= 0.6 is 24.0 Å². The van der Waals surface area contributed by atoms with Crippen molar-refractivity contribution in [3.63, 3.8) is 0 Å². The first-order valence-electron chi connectivity index (χ1n) is 8.94. The molecule has 2 heterocycles. The minimum absolute atomic E-state index is 0. The smallest absolute Gasteiger partial charge is 0.191 e. The minimum Gasteiger partial charge on any atom is -0.363 e. The van der Waals surface area contributed by atoms with Gasteiger partial charge in [-0.25, -0.2) is 4.98 Å². The fourth-order valence-corrected chi connectivity index (χ4v) is 3.01. The lowest BCUT2D eigenvalue weighted by Crippen LogP contribution is -2.48. The van der Waals surface area contributed by atoms with Crippen molar-refractivity contribution in [2.75, 3.05) is 45.7 Å². The number of anilines is 1. The molecule has 0 atom stereocenters. The third kappa shape index (κ3) is 7.35. The summed E-state index contributed by atoms with van der Waals surface area (Å²) in [4.78, 5) is 13.3. The lowest BCUT2D eigenvalue weighted by Gasteiger charge is -2.32. The van der Waals surface area contributed by atoms with Gasteiger partial charge in [0.1, 0.15) is 5.82 Å². The highest BCUT2D eigenvalue weighted by Gasteiger charge is 2.19. The molecule has 1 aromatic rings. The van der Waals surface area contributed by atoms with Gasteiger partial charge in [0.25, 0.3) is 0 Å². The van der Waals surface area contributed by atoms with Crippen LogP contribution in [0.15, 0.2) is 23.3 Å². The van der Waals surface area contributed by atoms with E-state index in [1.54, 1.807) is 0 Å². The number of pyridine rings is 1. The van der Waals surface area contributed by atoms with Crippen LogP contribution < -0.4 is 15.5 Å². The number of aliphatic imine (C=N–C) groups is 1. The molecular formula is C18H33IN6. The maximum Gasteiger partial charge on any atom is 0.191 e. The molecule has 1 aliphatic heterocycles. The highest BCUT2D eigenvalue weighted by Crippen LogP contribution is 2.11. The molecule has 1 aliphatic rings. The van der Waals surface area contributed by atoms with Crippen LogP contribution in [0.3, 0.4) is 0 Å². The monoisotopic (exact) mass is 460 g/mol. The molecule has 6 nitrogen and oxygen atoms in total. The van der Waals surface area contributed by atoms with E-state index in [1.165, 1.54) is 44.5 Å². The van der Waals surface area contributed by atoms with E-state index >= 15 is 0 Å². The first-order valence-corrected chi connectivity index (χ1v) is 8.94. The summed E-state index contributed by atoms with van der Waals surface area (Å²) in [6.45, 7) is 6.57. The van der Waals surface area contributed by atoms with Crippen LogP contribution in [0.2, 0.25) is 0 Å². The molecule has 25 heavy (non-hydrogen) atoms. The van der Waals surface area contributed by atoms with Gasteiger partial charge in [0.05, 0.1) is 0 Å². The Bertz CT molecular complexity index is 526. The summed E-state index contributed by atoms with van der Waals surface area (Å²) in [6.07, 6.45) is 5.45. The van der Waals surface area contributed by atoms with Crippen molar-refractivity contribution in [2.45, 2.75) is 38.8 Å². The fourth-order valence-electron chi connectivity index (χ4n) is 3.01. The molecule has 1 aromatic heterocycles. The lowest BCUT2D eigenvalue weighted by atomic mass is 10.1. The van der Waals surface area contributed by atoms with Crippen LogP contribution in [0.5, 0.6) is 0 Å². The number of nitrogens with one attached hydrogen (secondary N) is 2. The number of hydrogen-bond acceptors (Lipinski definition) is 4. The van der Waals surface area contributed by atoms with Crippen molar-refractivity contribution in [3.8, 4) is 0 Å². The highest BCUT2D eigenvalue weighted by molar-refractivity contribution is 14.0. The fraction of sp³-hybridized carbons (Fsp3) is 0.667. The van der Waals surface area contributed by atoms with E-state index < -0.39 is 0 Å². The van der Waals surface area contributed by atoms with E-state index in [2.05, 4.69) is 38.5 Å². The molecule has 0 amide bonds. The first kappa shape index (κ1) is 22.0. The van der Waals surface area contributed by atoms with Gasteiger partial charge in [-0.1, -0.05) is 6.92 Å². The molecular weight excluding hydrogens is 427 g/mol. The molecule has 0 radical (unpaired) electrons. The standard InChI is InChI=1S/C18H32N6.HI/c1-5-10-24-11-7-16(8-12-24)22-18(19-2)21-14-15-6-9-20-17(13-15)23(3)4;/h6,9,13,16H,5,7-8,10-12,14H2,1-4H3,(H2,19,21,22);1H. The summed E-state index contributed by atoms with van der Waals surface area (Å²) in [6, 6.07) is 4.65. The zero-order chi connectivity index (χ0) is 17.4.